The standard InChI is InChI=1S/C13H19NO4S/c1-2-10-4-3-5-11(8-10)14-19(16,17)13-7-6-12(9-15)18-13/h6-7,9-11,14H,2-5,8H2,1H3. The van der Waals surface area contributed by atoms with E-state index < -0.39 is 10.0 Å². The summed E-state index contributed by atoms with van der Waals surface area (Å²) in [5.74, 6) is 0.610. The van der Waals surface area contributed by atoms with Crippen molar-refractivity contribution in [3.8, 4) is 0 Å². The number of sulfonamides is 1. The van der Waals surface area contributed by atoms with Crippen LogP contribution in [-0.2, 0) is 10.0 Å². The number of aldehydes is 1. The number of carbonyl (C=O) groups is 1. The molecule has 1 N–H and O–H groups in total. The molecule has 0 saturated heterocycles. The van der Waals surface area contributed by atoms with Crippen molar-refractivity contribution in [1.29, 1.82) is 0 Å². The SMILES string of the molecule is CCC1CCCC(NS(=O)(=O)c2ccc(C=O)o2)C1. The molecule has 1 saturated carbocycles. The van der Waals surface area contributed by atoms with Crippen LogP contribution in [0, 0.1) is 5.92 Å². The number of hydrogen-bond donors (Lipinski definition) is 1. The molecule has 1 aliphatic rings. The largest absolute Gasteiger partial charge is 0.440 e. The van der Waals surface area contributed by atoms with Crippen LogP contribution in [-0.4, -0.2) is 20.7 Å². The Kier molecular flexibility index (Phi) is 4.42. The van der Waals surface area contributed by atoms with Gasteiger partial charge in [-0.3, -0.25) is 4.79 Å². The normalized spacial score (nSPS) is 24.3. The second kappa shape index (κ2) is 5.88. The van der Waals surface area contributed by atoms with Gasteiger partial charge < -0.3 is 4.42 Å². The summed E-state index contributed by atoms with van der Waals surface area (Å²) in [6.07, 6.45) is 5.52. The first-order valence-electron chi connectivity index (χ1n) is 6.62. The molecule has 1 aromatic heterocycles. The van der Waals surface area contributed by atoms with E-state index in [0.717, 1.165) is 25.7 Å². The third-order valence-electron chi connectivity index (χ3n) is 3.67. The highest BCUT2D eigenvalue weighted by Gasteiger charge is 2.27. The van der Waals surface area contributed by atoms with Gasteiger partial charge in [-0.05, 0) is 30.9 Å². The molecule has 0 bridgehead atoms. The predicted octanol–water partition coefficient (Wildman–Crippen LogP) is 2.34. The van der Waals surface area contributed by atoms with Crippen LogP contribution in [0.25, 0.3) is 0 Å². The zero-order chi connectivity index (χ0) is 13.9. The third-order valence-corrected chi connectivity index (χ3v) is 5.06. The minimum absolute atomic E-state index is 0.0236. The molecule has 1 aliphatic carbocycles. The summed E-state index contributed by atoms with van der Waals surface area (Å²) in [5.41, 5.74) is 0. The molecule has 2 atom stereocenters. The molecule has 1 heterocycles. The summed E-state index contributed by atoms with van der Waals surface area (Å²) >= 11 is 0. The van der Waals surface area contributed by atoms with Crippen LogP contribution in [0.4, 0.5) is 0 Å². The highest BCUT2D eigenvalue weighted by molar-refractivity contribution is 7.89. The molecule has 0 spiro atoms. The predicted molar refractivity (Wildman–Crippen MR) is 70.5 cm³/mol. The van der Waals surface area contributed by atoms with Crippen LogP contribution in [0.5, 0.6) is 0 Å². The zero-order valence-electron chi connectivity index (χ0n) is 11.0. The zero-order valence-corrected chi connectivity index (χ0v) is 11.8. The van der Waals surface area contributed by atoms with Crippen molar-refractivity contribution < 1.29 is 17.6 Å². The average Bonchev–Trinajstić information content (AvgIpc) is 2.88. The van der Waals surface area contributed by atoms with Gasteiger partial charge in [0, 0.05) is 6.04 Å². The van der Waals surface area contributed by atoms with Gasteiger partial charge in [0.1, 0.15) is 0 Å². The molecule has 0 aliphatic heterocycles. The van der Waals surface area contributed by atoms with Crippen LogP contribution < -0.4 is 4.72 Å². The van der Waals surface area contributed by atoms with E-state index in [2.05, 4.69) is 11.6 Å². The van der Waals surface area contributed by atoms with E-state index in [1.807, 2.05) is 0 Å². The first kappa shape index (κ1) is 14.3. The third kappa shape index (κ3) is 3.45. The summed E-state index contributed by atoms with van der Waals surface area (Å²) in [6.45, 7) is 2.13. The van der Waals surface area contributed by atoms with Crippen LogP contribution >= 0.6 is 0 Å². The first-order valence-corrected chi connectivity index (χ1v) is 8.11. The number of nitrogens with one attached hydrogen (secondary N) is 1. The molecule has 0 radical (unpaired) electrons. The Morgan fingerprint density at radius 3 is 2.84 bits per heavy atom. The quantitative estimate of drug-likeness (QED) is 0.842. The van der Waals surface area contributed by atoms with E-state index in [1.54, 1.807) is 0 Å². The molecule has 1 fully saturated rings. The van der Waals surface area contributed by atoms with Crippen LogP contribution in [0.1, 0.15) is 49.6 Å². The Morgan fingerprint density at radius 2 is 2.21 bits per heavy atom. The maximum absolute atomic E-state index is 12.1. The van der Waals surface area contributed by atoms with E-state index in [4.69, 9.17) is 4.42 Å². The second-order valence-corrected chi connectivity index (χ2v) is 6.68. The van der Waals surface area contributed by atoms with Gasteiger partial charge in [-0.25, -0.2) is 13.1 Å². The van der Waals surface area contributed by atoms with Crippen molar-refractivity contribution >= 4 is 16.3 Å². The molecule has 0 amide bonds. The molecule has 2 rings (SSSR count). The Bertz CT molecular complexity index is 535. The van der Waals surface area contributed by atoms with Gasteiger partial charge in [-0.2, -0.15) is 0 Å². The lowest BCUT2D eigenvalue weighted by atomic mass is 9.85. The van der Waals surface area contributed by atoms with Crippen molar-refractivity contribution in [2.45, 2.75) is 50.2 Å². The fraction of sp³-hybridized carbons (Fsp3) is 0.615. The molecule has 2 unspecified atom stereocenters. The molecule has 1 aromatic rings. The van der Waals surface area contributed by atoms with Gasteiger partial charge in [0.25, 0.3) is 10.0 Å². The van der Waals surface area contributed by atoms with Crippen molar-refractivity contribution in [3.05, 3.63) is 17.9 Å². The highest BCUT2D eigenvalue weighted by Crippen LogP contribution is 2.27. The summed E-state index contributed by atoms with van der Waals surface area (Å²) in [6, 6.07) is 2.64. The Balaban J connectivity index is 2.06. The van der Waals surface area contributed by atoms with Gasteiger partial charge in [-0.1, -0.05) is 26.2 Å². The molecular formula is C13H19NO4S. The monoisotopic (exact) mass is 285 g/mol. The Hall–Kier alpha value is -1.14. The summed E-state index contributed by atoms with van der Waals surface area (Å²) < 4.78 is 31.9. The van der Waals surface area contributed by atoms with E-state index >= 15 is 0 Å². The van der Waals surface area contributed by atoms with Gasteiger partial charge in [0.2, 0.25) is 5.09 Å². The topological polar surface area (TPSA) is 76.4 Å². The van der Waals surface area contributed by atoms with Gasteiger partial charge in [0.15, 0.2) is 12.0 Å². The maximum Gasteiger partial charge on any atom is 0.274 e. The van der Waals surface area contributed by atoms with E-state index in [1.165, 1.54) is 18.6 Å². The highest BCUT2D eigenvalue weighted by atomic mass is 32.2. The minimum atomic E-state index is -3.66. The minimum Gasteiger partial charge on any atom is -0.440 e. The van der Waals surface area contributed by atoms with E-state index in [-0.39, 0.29) is 16.9 Å². The summed E-state index contributed by atoms with van der Waals surface area (Å²) in [5, 5.41) is -0.187. The molecule has 5 nitrogen and oxygen atoms in total. The molecule has 106 valence electrons. The maximum atomic E-state index is 12.1. The lowest BCUT2D eigenvalue weighted by molar-refractivity contribution is 0.109. The Labute approximate surface area is 113 Å². The summed E-state index contributed by atoms with van der Waals surface area (Å²) in [4.78, 5) is 10.5. The lowest BCUT2D eigenvalue weighted by Gasteiger charge is -2.28. The fourth-order valence-corrected chi connectivity index (χ4v) is 3.81. The van der Waals surface area contributed by atoms with Gasteiger partial charge >= 0.3 is 0 Å². The number of furan rings is 1. The lowest BCUT2D eigenvalue weighted by Crippen LogP contribution is -2.38. The van der Waals surface area contributed by atoms with E-state index in [0.29, 0.717) is 12.2 Å². The van der Waals surface area contributed by atoms with Gasteiger partial charge in [-0.15, -0.1) is 0 Å². The molecule has 0 aromatic carbocycles. The van der Waals surface area contributed by atoms with Crippen LogP contribution in [0.15, 0.2) is 21.6 Å². The fourth-order valence-electron chi connectivity index (χ4n) is 2.59. The summed E-state index contributed by atoms with van der Waals surface area (Å²) in [7, 11) is -3.66. The van der Waals surface area contributed by atoms with Gasteiger partial charge in [0.05, 0.1) is 0 Å². The first-order chi connectivity index (χ1) is 9.05. The average molecular weight is 285 g/mol. The number of carbonyl (C=O) groups excluding carboxylic acids is 1. The van der Waals surface area contributed by atoms with Crippen molar-refractivity contribution in [2.24, 2.45) is 5.92 Å². The number of rotatable bonds is 5. The van der Waals surface area contributed by atoms with Crippen LogP contribution in [0.3, 0.4) is 0 Å². The van der Waals surface area contributed by atoms with Crippen LogP contribution in [0.2, 0.25) is 0 Å². The van der Waals surface area contributed by atoms with Crippen molar-refractivity contribution in [2.75, 3.05) is 0 Å². The molecule has 6 heteroatoms. The Morgan fingerprint density at radius 1 is 1.42 bits per heavy atom. The van der Waals surface area contributed by atoms with Crippen molar-refractivity contribution in [1.82, 2.24) is 4.72 Å². The number of hydrogen-bond acceptors (Lipinski definition) is 4. The van der Waals surface area contributed by atoms with Crippen molar-refractivity contribution in [3.63, 3.8) is 0 Å². The smallest absolute Gasteiger partial charge is 0.274 e. The molecular weight excluding hydrogens is 266 g/mol. The molecule has 19 heavy (non-hydrogen) atoms. The second-order valence-electron chi connectivity index (χ2n) is 5.03. The van der Waals surface area contributed by atoms with E-state index in [9.17, 15) is 13.2 Å².